The number of nitrogens with zero attached hydrogens (tertiary/aromatic N) is 2. The average molecular weight is 351 g/mol. The van der Waals surface area contributed by atoms with Crippen molar-refractivity contribution in [2.45, 2.75) is 63.8 Å². The van der Waals surface area contributed by atoms with Crippen molar-refractivity contribution < 1.29 is 8.42 Å². The summed E-state index contributed by atoms with van der Waals surface area (Å²) in [5, 5.41) is 0. The predicted octanol–water partition coefficient (Wildman–Crippen LogP) is 3.25. The largest absolute Gasteiger partial charge is 0.298 e. The number of aryl methyl sites for hydroxylation is 3. The molecule has 2 fully saturated rings. The summed E-state index contributed by atoms with van der Waals surface area (Å²) >= 11 is 0. The number of hydrogen-bond acceptors (Lipinski definition) is 3. The van der Waals surface area contributed by atoms with Crippen LogP contribution in [0.1, 0.15) is 48.8 Å². The van der Waals surface area contributed by atoms with Crippen molar-refractivity contribution in [3.63, 3.8) is 0 Å². The second kappa shape index (κ2) is 7.14. The maximum Gasteiger partial charge on any atom is 0.243 e. The van der Waals surface area contributed by atoms with Gasteiger partial charge in [0.2, 0.25) is 10.0 Å². The van der Waals surface area contributed by atoms with E-state index in [0.717, 1.165) is 29.8 Å². The molecule has 2 aliphatic rings. The van der Waals surface area contributed by atoms with Gasteiger partial charge in [-0.25, -0.2) is 8.42 Å². The summed E-state index contributed by atoms with van der Waals surface area (Å²) in [6.45, 7) is 8.88. The molecule has 1 heterocycles. The minimum absolute atomic E-state index is 0.483. The molecule has 0 radical (unpaired) electrons. The van der Waals surface area contributed by atoms with E-state index in [-0.39, 0.29) is 0 Å². The van der Waals surface area contributed by atoms with E-state index in [4.69, 9.17) is 0 Å². The zero-order valence-corrected chi connectivity index (χ0v) is 16.0. The molecule has 1 aromatic carbocycles. The van der Waals surface area contributed by atoms with Gasteiger partial charge in [0, 0.05) is 32.2 Å². The molecule has 3 rings (SSSR count). The van der Waals surface area contributed by atoms with E-state index in [1.54, 1.807) is 4.31 Å². The standard InChI is InChI=1S/C19H30N2O2S/c1-15-13-17(3)19(14-16(15)2)24(22,23)21-11-9-20(10-12-21)18-7-5-4-6-8-18/h13-14,18H,4-12H2,1-3H3. The van der Waals surface area contributed by atoms with Crippen LogP contribution in [0.5, 0.6) is 0 Å². The average Bonchev–Trinajstić information content (AvgIpc) is 2.59. The zero-order valence-electron chi connectivity index (χ0n) is 15.2. The van der Waals surface area contributed by atoms with Crippen molar-refractivity contribution >= 4 is 10.0 Å². The fourth-order valence-electron chi connectivity index (χ4n) is 4.11. The van der Waals surface area contributed by atoms with Gasteiger partial charge in [-0.3, -0.25) is 4.90 Å². The van der Waals surface area contributed by atoms with Crippen LogP contribution in [-0.2, 0) is 10.0 Å². The van der Waals surface area contributed by atoms with Gasteiger partial charge < -0.3 is 0 Å². The van der Waals surface area contributed by atoms with Gasteiger partial charge in [-0.1, -0.05) is 25.3 Å². The molecule has 4 nitrogen and oxygen atoms in total. The third-order valence-electron chi connectivity index (χ3n) is 5.77. The lowest BCUT2D eigenvalue weighted by molar-refractivity contribution is 0.111. The van der Waals surface area contributed by atoms with Crippen LogP contribution in [0.15, 0.2) is 17.0 Å². The molecule has 0 bridgehead atoms. The smallest absolute Gasteiger partial charge is 0.243 e. The Labute approximate surface area is 146 Å². The predicted molar refractivity (Wildman–Crippen MR) is 97.9 cm³/mol. The molecular formula is C19H30N2O2S. The van der Waals surface area contributed by atoms with Gasteiger partial charge >= 0.3 is 0 Å². The van der Waals surface area contributed by atoms with Crippen LogP contribution in [-0.4, -0.2) is 49.8 Å². The number of hydrogen-bond donors (Lipinski definition) is 0. The van der Waals surface area contributed by atoms with Crippen molar-refractivity contribution in [3.8, 4) is 0 Å². The summed E-state index contributed by atoms with van der Waals surface area (Å²) in [6.07, 6.45) is 6.57. The van der Waals surface area contributed by atoms with Crippen LogP contribution in [0.4, 0.5) is 0 Å². The highest BCUT2D eigenvalue weighted by molar-refractivity contribution is 7.89. The van der Waals surface area contributed by atoms with Gasteiger partial charge in [0.1, 0.15) is 0 Å². The summed E-state index contributed by atoms with van der Waals surface area (Å²) in [7, 11) is -3.38. The van der Waals surface area contributed by atoms with Crippen LogP contribution < -0.4 is 0 Å². The van der Waals surface area contributed by atoms with Gasteiger partial charge in [-0.05, 0) is 56.4 Å². The Morgan fingerprint density at radius 1 is 0.833 bits per heavy atom. The first-order valence-corrected chi connectivity index (χ1v) is 10.7. The molecule has 0 N–H and O–H groups in total. The van der Waals surface area contributed by atoms with E-state index in [9.17, 15) is 8.42 Å². The summed E-state index contributed by atoms with van der Waals surface area (Å²) in [6, 6.07) is 4.50. The van der Waals surface area contributed by atoms with E-state index >= 15 is 0 Å². The van der Waals surface area contributed by atoms with Crippen LogP contribution >= 0.6 is 0 Å². The molecule has 134 valence electrons. The first-order chi connectivity index (χ1) is 11.4. The van der Waals surface area contributed by atoms with Crippen LogP contribution in [0, 0.1) is 20.8 Å². The topological polar surface area (TPSA) is 40.6 Å². The van der Waals surface area contributed by atoms with Gasteiger partial charge in [-0.15, -0.1) is 0 Å². The molecule has 1 saturated carbocycles. The second-order valence-corrected chi connectivity index (χ2v) is 9.34. The molecule has 0 amide bonds. The molecule has 1 aliphatic carbocycles. The monoisotopic (exact) mass is 350 g/mol. The van der Waals surface area contributed by atoms with Gasteiger partial charge in [0.25, 0.3) is 0 Å². The first-order valence-electron chi connectivity index (χ1n) is 9.21. The van der Waals surface area contributed by atoms with E-state index in [1.165, 1.54) is 32.1 Å². The minimum atomic E-state index is -3.38. The van der Waals surface area contributed by atoms with E-state index in [2.05, 4.69) is 4.90 Å². The third-order valence-corrected chi connectivity index (χ3v) is 7.81. The van der Waals surface area contributed by atoms with E-state index < -0.39 is 10.0 Å². The number of rotatable bonds is 3. The Morgan fingerprint density at radius 2 is 1.42 bits per heavy atom. The summed E-state index contributed by atoms with van der Waals surface area (Å²) in [5.41, 5.74) is 3.04. The highest BCUT2D eigenvalue weighted by Gasteiger charge is 2.32. The zero-order chi connectivity index (χ0) is 17.3. The van der Waals surface area contributed by atoms with Gasteiger partial charge in [0.15, 0.2) is 0 Å². The maximum absolute atomic E-state index is 13.1. The fourth-order valence-corrected chi connectivity index (χ4v) is 5.82. The Hall–Kier alpha value is -0.910. The normalized spacial score (nSPS) is 22.0. The van der Waals surface area contributed by atoms with Crippen molar-refractivity contribution in [2.75, 3.05) is 26.2 Å². The Bertz CT molecular complexity index is 686. The Morgan fingerprint density at radius 3 is 2.04 bits per heavy atom. The summed E-state index contributed by atoms with van der Waals surface area (Å²) in [4.78, 5) is 3.00. The molecule has 0 spiro atoms. The molecule has 24 heavy (non-hydrogen) atoms. The molecule has 5 heteroatoms. The molecule has 1 saturated heterocycles. The number of sulfonamides is 1. The maximum atomic E-state index is 13.1. The quantitative estimate of drug-likeness (QED) is 0.840. The Balaban J connectivity index is 1.72. The number of piperazine rings is 1. The number of benzene rings is 1. The third kappa shape index (κ3) is 3.53. The highest BCUT2D eigenvalue weighted by Crippen LogP contribution is 2.27. The lowest BCUT2D eigenvalue weighted by Crippen LogP contribution is -2.52. The van der Waals surface area contributed by atoms with Gasteiger partial charge in [-0.2, -0.15) is 4.31 Å². The second-order valence-electron chi connectivity index (χ2n) is 7.43. The van der Waals surface area contributed by atoms with Crippen molar-refractivity contribution in [3.05, 3.63) is 28.8 Å². The highest BCUT2D eigenvalue weighted by atomic mass is 32.2. The van der Waals surface area contributed by atoms with Crippen LogP contribution in [0.3, 0.4) is 0 Å². The molecule has 0 aromatic heterocycles. The molecule has 0 unspecified atom stereocenters. The summed E-state index contributed by atoms with van der Waals surface area (Å²) in [5.74, 6) is 0. The lowest BCUT2D eigenvalue weighted by atomic mass is 9.94. The van der Waals surface area contributed by atoms with E-state index in [1.807, 2.05) is 32.9 Å². The van der Waals surface area contributed by atoms with Gasteiger partial charge in [0.05, 0.1) is 4.90 Å². The van der Waals surface area contributed by atoms with Crippen molar-refractivity contribution in [1.82, 2.24) is 9.21 Å². The molecule has 1 aromatic rings. The lowest BCUT2D eigenvalue weighted by Gasteiger charge is -2.40. The molecule has 1 aliphatic heterocycles. The van der Waals surface area contributed by atoms with Crippen LogP contribution in [0.2, 0.25) is 0 Å². The summed E-state index contributed by atoms with van der Waals surface area (Å²) < 4.78 is 27.8. The van der Waals surface area contributed by atoms with Crippen molar-refractivity contribution in [1.29, 1.82) is 0 Å². The van der Waals surface area contributed by atoms with Crippen molar-refractivity contribution in [2.24, 2.45) is 0 Å². The van der Waals surface area contributed by atoms with E-state index in [0.29, 0.717) is 24.0 Å². The molecule has 0 atom stereocenters. The SMILES string of the molecule is Cc1cc(C)c(S(=O)(=O)N2CCN(C3CCCCC3)CC2)cc1C. The first kappa shape index (κ1) is 17.9. The fraction of sp³-hybridized carbons (Fsp3) is 0.684. The van der Waals surface area contributed by atoms with Crippen LogP contribution in [0.25, 0.3) is 0 Å². The Kier molecular flexibility index (Phi) is 5.33. The minimum Gasteiger partial charge on any atom is -0.298 e. The molecular weight excluding hydrogens is 320 g/mol.